The van der Waals surface area contributed by atoms with Gasteiger partial charge in [-0.05, 0) is 27.7 Å². The fraction of sp³-hybridized carbons (Fsp3) is 0.471. The Morgan fingerprint density at radius 1 is 1.10 bits per heavy atom. The standard InChI is InChI=1S/C17H27NO2Si/c1-14(2)18(15(3)4)17(19)20-12-13-21(5,6)16-10-8-7-9-11-16/h7-15H,1-6H3/b13-12+. The summed E-state index contributed by atoms with van der Waals surface area (Å²) in [5.74, 6) is 0. The number of amides is 1. The lowest BCUT2D eigenvalue weighted by molar-refractivity contribution is 0.109. The number of benzene rings is 1. The van der Waals surface area contributed by atoms with Crippen LogP contribution in [0.2, 0.25) is 13.1 Å². The van der Waals surface area contributed by atoms with Gasteiger partial charge in [-0.3, -0.25) is 0 Å². The van der Waals surface area contributed by atoms with Gasteiger partial charge in [-0.2, -0.15) is 0 Å². The van der Waals surface area contributed by atoms with Crippen molar-refractivity contribution in [1.29, 1.82) is 0 Å². The summed E-state index contributed by atoms with van der Waals surface area (Å²) < 4.78 is 5.33. The van der Waals surface area contributed by atoms with E-state index in [1.54, 1.807) is 11.2 Å². The van der Waals surface area contributed by atoms with Crippen LogP contribution < -0.4 is 5.19 Å². The fourth-order valence-electron chi connectivity index (χ4n) is 2.31. The maximum absolute atomic E-state index is 12.1. The monoisotopic (exact) mass is 305 g/mol. The summed E-state index contributed by atoms with van der Waals surface area (Å²) in [6.07, 6.45) is 1.29. The Morgan fingerprint density at radius 3 is 2.10 bits per heavy atom. The van der Waals surface area contributed by atoms with Crippen molar-refractivity contribution in [1.82, 2.24) is 4.90 Å². The molecule has 1 amide bonds. The van der Waals surface area contributed by atoms with Crippen LogP contribution >= 0.6 is 0 Å². The highest BCUT2D eigenvalue weighted by Crippen LogP contribution is 2.09. The van der Waals surface area contributed by atoms with Gasteiger partial charge in [0, 0.05) is 12.1 Å². The number of carbonyl (C=O) groups excluding carboxylic acids is 1. The zero-order chi connectivity index (χ0) is 16.0. The molecular weight excluding hydrogens is 278 g/mol. The van der Waals surface area contributed by atoms with Crippen LogP contribution in [0.15, 0.2) is 42.3 Å². The van der Waals surface area contributed by atoms with E-state index in [9.17, 15) is 4.79 Å². The molecule has 0 aliphatic heterocycles. The maximum atomic E-state index is 12.1. The van der Waals surface area contributed by atoms with Gasteiger partial charge in [-0.1, -0.05) is 54.3 Å². The molecule has 0 N–H and O–H groups in total. The van der Waals surface area contributed by atoms with E-state index in [-0.39, 0.29) is 18.2 Å². The molecular formula is C17H27NO2Si. The Kier molecular flexibility index (Phi) is 6.21. The van der Waals surface area contributed by atoms with Crippen LogP contribution in [0.1, 0.15) is 27.7 Å². The van der Waals surface area contributed by atoms with Crippen LogP contribution in [0.5, 0.6) is 0 Å². The highest BCUT2D eigenvalue weighted by atomic mass is 28.3. The number of rotatable bonds is 5. The first-order valence-electron chi connectivity index (χ1n) is 7.48. The molecule has 0 fully saturated rings. The van der Waals surface area contributed by atoms with Gasteiger partial charge in [0.25, 0.3) is 0 Å². The Hall–Kier alpha value is -1.55. The molecule has 0 atom stereocenters. The van der Waals surface area contributed by atoms with Crippen LogP contribution in [0.4, 0.5) is 4.79 Å². The minimum absolute atomic E-state index is 0.130. The summed E-state index contributed by atoms with van der Waals surface area (Å²) in [6, 6.07) is 10.6. The van der Waals surface area contributed by atoms with Crippen LogP contribution in [-0.2, 0) is 4.74 Å². The second-order valence-electron chi connectivity index (χ2n) is 6.37. The summed E-state index contributed by atoms with van der Waals surface area (Å²) in [5.41, 5.74) is 2.05. The summed E-state index contributed by atoms with van der Waals surface area (Å²) in [5, 5.41) is 1.32. The van der Waals surface area contributed by atoms with Gasteiger partial charge in [-0.25, -0.2) is 4.79 Å². The number of carbonyl (C=O) groups is 1. The predicted molar refractivity (Wildman–Crippen MR) is 91.3 cm³/mol. The quantitative estimate of drug-likeness (QED) is 0.610. The zero-order valence-electron chi connectivity index (χ0n) is 14.0. The normalized spacial score (nSPS) is 12.2. The molecule has 0 heterocycles. The van der Waals surface area contributed by atoms with Crippen molar-refractivity contribution in [3.05, 3.63) is 42.3 Å². The smallest absolute Gasteiger partial charge is 0.415 e. The van der Waals surface area contributed by atoms with Gasteiger partial charge in [0.2, 0.25) is 0 Å². The van der Waals surface area contributed by atoms with E-state index in [2.05, 4.69) is 30.9 Å². The first kappa shape index (κ1) is 17.5. The van der Waals surface area contributed by atoms with Gasteiger partial charge >= 0.3 is 6.09 Å². The van der Waals surface area contributed by atoms with Crippen LogP contribution in [-0.4, -0.2) is 31.2 Å². The van der Waals surface area contributed by atoms with Crippen molar-refractivity contribution in [3.8, 4) is 0 Å². The molecule has 4 heteroatoms. The molecule has 0 bridgehead atoms. The lowest BCUT2D eigenvalue weighted by Gasteiger charge is -2.29. The molecule has 0 spiro atoms. The van der Waals surface area contributed by atoms with Gasteiger partial charge in [-0.15, -0.1) is 0 Å². The summed E-state index contributed by atoms with van der Waals surface area (Å²) in [7, 11) is -1.71. The van der Waals surface area contributed by atoms with Crippen LogP contribution in [0, 0.1) is 0 Å². The van der Waals surface area contributed by atoms with Crippen molar-refractivity contribution in [3.63, 3.8) is 0 Å². The number of nitrogens with zero attached hydrogens (tertiary/aromatic N) is 1. The molecule has 0 aliphatic carbocycles. The zero-order valence-corrected chi connectivity index (χ0v) is 15.0. The van der Waals surface area contributed by atoms with Crippen molar-refractivity contribution < 1.29 is 9.53 Å². The molecule has 0 saturated carbocycles. The molecule has 0 aliphatic rings. The molecule has 3 nitrogen and oxygen atoms in total. The maximum Gasteiger partial charge on any atom is 0.415 e. The van der Waals surface area contributed by atoms with Crippen molar-refractivity contribution in [2.24, 2.45) is 0 Å². The van der Waals surface area contributed by atoms with E-state index in [0.717, 1.165) is 0 Å². The van der Waals surface area contributed by atoms with E-state index in [0.29, 0.717) is 0 Å². The predicted octanol–water partition coefficient (Wildman–Crippen LogP) is 3.91. The van der Waals surface area contributed by atoms with Crippen LogP contribution in [0.25, 0.3) is 0 Å². The highest BCUT2D eigenvalue weighted by molar-refractivity contribution is 6.93. The Balaban J connectivity index is 2.71. The van der Waals surface area contributed by atoms with E-state index in [1.807, 2.05) is 45.9 Å². The van der Waals surface area contributed by atoms with Crippen molar-refractivity contribution >= 4 is 19.4 Å². The largest absolute Gasteiger partial charge is 0.419 e. The van der Waals surface area contributed by atoms with Crippen LogP contribution in [0.3, 0.4) is 0 Å². The average molecular weight is 305 g/mol. The molecule has 21 heavy (non-hydrogen) atoms. The fourth-order valence-corrected chi connectivity index (χ4v) is 3.96. The average Bonchev–Trinajstić information content (AvgIpc) is 2.38. The molecule has 116 valence electrons. The second-order valence-corrected chi connectivity index (χ2v) is 10.7. The number of ether oxygens (including phenoxy) is 1. The van der Waals surface area contributed by atoms with E-state index in [1.165, 1.54) is 5.19 Å². The van der Waals surface area contributed by atoms with E-state index < -0.39 is 8.07 Å². The molecule has 1 rings (SSSR count). The highest BCUT2D eigenvalue weighted by Gasteiger charge is 2.22. The molecule has 0 saturated heterocycles. The Morgan fingerprint density at radius 2 is 1.62 bits per heavy atom. The van der Waals surface area contributed by atoms with Gasteiger partial charge in [0.1, 0.15) is 8.07 Å². The van der Waals surface area contributed by atoms with Crippen molar-refractivity contribution in [2.75, 3.05) is 0 Å². The van der Waals surface area contributed by atoms with E-state index in [4.69, 9.17) is 4.74 Å². The second kappa shape index (κ2) is 7.45. The third-order valence-corrected chi connectivity index (χ3v) is 6.29. The lowest BCUT2D eigenvalue weighted by atomic mass is 10.2. The van der Waals surface area contributed by atoms with Gasteiger partial charge in [0.15, 0.2) is 0 Å². The summed E-state index contributed by atoms with van der Waals surface area (Å²) in [4.78, 5) is 13.9. The number of hydrogen-bond donors (Lipinski definition) is 0. The lowest BCUT2D eigenvalue weighted by Crippen LogP contribution is -2.42. The topological polar surface area (TPSA) is 29.5 Å². The first-order chi connectivity index (χ1) is 9.75. The third kappa shape index (κ3) is 5.05. The third-order valence-electron chi connectivity index (χ3n) is 3.49. The molecule has 0 unspecified atom stereocenters. The number of hydrogen-bond acceptors (Lipinski definition) is 2. The molecule has 0 aromatic heterocycles. The van der Waals surface area contributed by atoms with Crippen molar-refractivity contribution in [2.45, 2.75) is 52.9 Å². The minimum atomic E-state index is -1.71. The SMILES string of the molecule is CC(C)N(C(=O)O/C=C/[Si](C)(C)c1ccccc1)C(C)C. The minimum Gasteiger partial charge on any atom is -0.419 e. The Bertz CT molecular complexity index is 473. The van der Waals surface area contributed by atoms with Gasteiger partial charge < -0.3 is 9.64 Å². The Labute approximate surface area is 129 Å². The van der Waals surface area contributed by atoms with Gasteiger partial charge in [0.05, 0.1) is 6.26 Å². The summed E-state index contributed by atoms with van der Waals surface area (Å²) in [6.45, 7) is 12.4. The summed E-state index contributed by atoms with van der Waals surface area (Å²) >= 11 is 0. The molecule has 1 aromatic rings. The first-order valence-corrected chi connectivity index (χ1v) is 10.6. The molecule has 1 aromatic carbocycles. The van der Waals surface area contributed by atoms with E-state index >= 15 is 0 Å². The molecule has 0 radical (unpaired) electrons.